The van der Waals surface area contributed by atoms with Crippen molar-refractivity contribution in [3.8, 4) is 0 Å². The van der Waals surface area contributed by atoms with Gasteiger partial charge in [-0.25, -0.2) is 4.79 Å². The SMILES string of the molecule is CC(Cl)C(=O)N1CCC[C@@H]1C(=O)O. The summed E-state index contributed by atoms with van der Waals surface area (Å²) in [7, 11) is 0. The summed E-state index contributed by atoms with van der Waals surface area (Å²) in [6.07, 6.45) is 1.27. The average Bonchev–Trinajstić information content (AvgIpc) is 2.50. The average molecular weight is 206 g/mol. The number of carboxylic acids is 1. The van der Waals surface area contributed by atoms with Crippen LogP contribution in [0.2, 0.25) is 0 Å². The van der Waals surface area contributed by atoms with E-state index in [4.69, 9.17) is 16.7 Å². The summed E-state index contributed by atoms with van der Waals surface area (Å²) in [4.78, 5) is 23.4. The molecule has 0 saturated carbocycles. The number of rotatable bonds is 2. The first kappa shape index (κ1) is 10.3. The van der Waals surface area contributed by atoms with Crippen LogP contribution in [0.4, 0.5) is 0 Å². The Morgan fingerprint density at radius 2 is 2.23 bits per heavy atom. The van der Waals surface area contributed by atoms with Crippen LogP contribution in [0.25, 0.3) is 0 Å². The molecule has 74 valence electrons. The van der Waals surface area contributed by atoms with Gasteiger partial charge in [0.25, 0.3) is 0 Å². The highest BCUT2D eigenvalue weighted by Gasteiger charge is 2.35. The highest BCUT2D eigenvalue weighted by molar-refractivity contribution is 6.30. The van der Waals surface area contributed by atoms with Crippen LogP contribution in [0.3, 0.4) is 0 Å². The number of hydrogen-bond acceptors (Lipinski definition) is 2. The molecule has 1 unspecified atom stereocenters. The molecule has 1 amide bonds. The summed E-state index contributed by atoms with van der Waals surface area (Å²) in [5.74, 6) is -1.23. The third-order valence-electron chi connectivity index (χ3n) is 2.16. The standard InChI is InChI=1S/C8H12ClNO3/c1-5(9)7(11)10-4-2-3-6(10)8(12)13/h5-6H,2-4H2,1H3,(H,12,13)/t5?,6-/m1/s1. The second kappa shape index (κ2) is 3.96. The Morgan fingerprint density at radius 1 is 1.62 bits per heavy atom. The van der Waals surface area contributed by atoms with Crippen LogP contribution in [0.1, 0.15) is 19.8 Å². The fourth-order valence-corrected chi connectivity index (χ4v) is 1.64. The highest BCUT2D eigenvalue weighted by Crippen LogP contribution is 2.19. The van der Waals surface area contributed by atoms with E-state index in [1.807, 2.05) is 0 Å². The fraction of sp³-hybridized carbons (Fsp3) is 0.750. The molecule has 13 heavy (non-hydrogen) atoms. The Hall–Kier alpha value is -0.770. The van der Waals surface area contributed by atoms with Gasteiger partial charge >= 0.3 is 5.97 Å². The topological polar surface area (TPSA) is 57.6 Å². The van der Waals surface area contributed by atoms with E-state index in [1.165, 1.54) is 4.90 Å². The van der Waals surface area contributed by atoms with E-state index in [9.17, 15) is 9.59 Å². The van der Waals surface area contributed by atoms with Crippen molar-refractivity contribution in [2.75, 3.05) is 6.54 Å². The molecule has 0 aromatic heterocycles. The third-order valence-corrected chi connectivity index (χ3v) is 2.35. The Balaban J connectivity index is 2.68. The van der Waals surface area contributed by atoms with Crippen LogP contribution in [0.5, 0.6) is 0 Å². The van der Waals surface area contributed by atoms with Crippen molar-refractivity contribution in [3.63, 3.8) is 0 Å². The van der Waals surface area contributed by atoms with Crippen LogP contribution in [0.15, 0.2) is 0 Å². The number of likely N-dealkylation sites (tertiary alicyclic amines) is 1. The molecule has 1 heterocycles. The Bertz CT molecular complexity index is 229. The predicted octanol–water partition coefficient (Wildman–Crippen LogP) is 0.689. The predicted molar refractivity (Wildman–Crippen MR) is 47.7 cm³/mol. The zero-order chi connectivity index (χ0) is 10.0. The largest absolute Gasteiger partial charge is 0.480 e. The van der Waals surface area contributed by atoms with Crippen molar-refractivity contribution in [3.05, 3.63) is 0 Å². The Kier molecular flexibility index (Phi) is 3.14. The lowest BCUT2D eigenvalue weighted by Gasteiger charge is -2.22. The maximum absolute atomic E-state index is 11.4. The minimum atomic E-state index is -0.942. The first-order valence-corrected chi connectivity index (χ1v) is 4.65. The first-order chi connectivity index (χ1) is 6.04. The van der Waals surface area contributed by atoms with Gasteiger partial charge in [0.15, 0.2) is 0 Å². The van der Waals surface area contributed by atoms with Gasteiger partial charge < -0.3 is 10.0 Å². The summed E-state index contributed by atoms with van der Waals surface area (Å²) in [6.45, 7) is 2.06. The number of nitrogens with zero attached hydrogens (tertiary/aromatic N) is 1. The first-order valence-electron chi connectivity index (χ1n) is 4.21. The van der Waals surface area contributed by atoms with Crippen LogP contribution >= 0.6 is 11.6 Å². The molecule has 0 radical (unpaired) electrons. The third kappa shape index (κ3) is 2.12. The van der Waals surface area contributed by atoms with E-state index in [0.717, 1.165) is 6.42 Å². The van der Waals surface area contributed by atoms with Crippen molar-refractivity contribution >= 4 is 23.5 Å². The molecule has 1 saturated heterocycles. The van der Waals surface area contributed by atoms with Gasteiger partial charge in [-0.15, -0.1) is 11.6 Å². The zero-order valence-electron chi connectivity index (χ0n) is 7.36. The minimum Gasteiger partial charge on any atom is -0.480 e. The van der Waals surface area contributed by atoms with Crippen molar-refractivity contribution in [2.45, 2.75) is 31.2 Å². The number of aliphatic carboxylic acids is 1. The Labute approximate surface area is 81.5 Å². The van der Waals surface area contributed by atoms with Gasteiger partial charge in [-0.05, 0) is 19.8 Å². The van der Waals surface area contributed by atoms with E-state index in [0.29, 0.717) is 13.0 Å². The molecule has 1 aliphatic rings. The molecule has 4 nitrogen and oxygen atoms in total. The van der Waals surface area contributed by atoms with Gasteiger partial charge in [0.2, 0.25) is 5.91 Å². The molecule has 1 aliphatic heterocycles. The van der Waals surface area contributed by atoms with Gasteiger partial charge in [-0.2, -0.15) is 0 Å². The van der Waals surface area contributed by atoms with Crippen LogP contribution < -0.4 is 0 Å². The summed E-state index contributed by atoms with van der Waals surface area (Å²) in [6, 6.07) is -0.673. The normalized spacial score (nSPS) is 24.5. The second-order valence-corrected chi connectivity index (χ2v) is 3.80. The van der Waals surface area contributed by atoms with Crippen molar-refractivity contribution < 1.29 is 14.7 Å². The van der Waals surface area contributed by atoms with E-state index < -0.39 is 17.4 Å². The van der Waals surface area contributed by atoms with Gasteiger partial charge in [0.05, 0.1) is 0 Å². The van der Waals surface area contributed by atoms with E-state index >= 15 is 0 Å². The smallest absolute Gasteiger partial charge is 0.326 e. The molecule has 1 rings (SSSR count). The lowest BCUT2D eigenvalue weighted by molar-refractivity contribution is -0.147. The molecule has 0 aliphatic carbocycles. The van der Waals surface area contributed by atoms with Gasteiger partial charge in [-0.3, -0.25) is 4.79 Å². The summed E-state index contributed by atoms with van der Waals surface area (Å²) >= 11 is 5.59. The molecule has 1 N–H and O–H groups in total. The minimum absolute atomic E-state index is 0.286. The lowest BCUT2D eigenvalue weighted by Crippen LogP contribution is -2.43. The number of amides is 1. The van der Waals surface area contributed by atoms with Gasteiger partial charge in [0, 0.05) is 6.54 Å². The molecule has 2 atom stereocenters. The van der Waals surface area contributed by atoms with E-state index in [2.05, 4.69) is 0 Å². The quantitative estimate of drug-likeness (QED) is 0.675. The number of halogens is 1. The maximum atomic E-state index is 11.4. The van der Waals surface area contributed by atoms with E-state index in [1.54, 1.807) is 6.92 Å². The van der Waals surface area contributed by atoms with Gasteiger partial charge in [0.1, 0.15) is 11.4 Å². The molecule has 0 spiro atoms. The maximum Gasteiger partial charge on any atom is 0.326 e. The summed E-state index contributed by atoms with van der Waals surface area (Å²) < 4.78 is 0. The number of carboxylic acid groups (broad SMARTS) is 1. The highest BCUT2D eigenvalue weighted by atomic mass is 35.5. The molecule has 5 heteroatoms. The van der Waals surface area contributed by atoms with Crippen LogP contribution in [0, 0.1) is 0 Å². The zero-order valence-corrected chi connectivity index (χ0v) is 8.12. The monoisotopic (exact) mass is 205 g/mol. The van der Waals surface area contributed by atoms with Crippen molar-refractivity contribution in [2.24, 2.45) is 0 Å². The number of carbonyl (C=O) groups is 2. The van der Waals surface area contributed by atoms with E-state index in [-0.39, 0.29) is 5.91 Å². The van der Waals surface area contributed by atoms with Crippen LogP contribution in [-0.4, -0.2) is 39.8 Å². The molecule has 0 aromatic rings. The summed E-state index contributed by atoms with van der Waals surface area (Å²) in [5, 5.41) is 8.14. The molecular weight excluding hydrogens is 194 g/mol. The number of alkyl halides is 1. The molecule has 1 fully saturated rings. The Morgan fingerprint density at radius 3 is 2.69 bits per heavy atom. The molecule has 0 aromatic carbocycles. The number of hydrogen-bond donors (Lipinski definition) is 1. The van der Waals surface area contributed by atoms with Crippen molar-refractivity contribution in [1.82, 2.24) is 4.90 Å². The van der Waals surface area contributed by atoms with Crippen molar-refractivity contribution in [1.29, 1.82) is 0 Å². The van der Waals surface area contributed by atoms with Gasteiger partial charge in [-0.1, -0.05) is 0 Å². The molecular formula is C8H12ClNO3. The lowest BCUT2D eigenvalue weighted by atomic mass is 10.2. The molecule has 0 bridgehead atoms. The summed E-state index contributed by atoms with van der Waals surface area (Å²) in [5.41, 5.74) is 0. The second-order valence-electron chi connectivity index (χ2n) is 3.14. The van der Waals surface area contributed by atoms with Crippen LogP contribution in [-0.2, 0) is 9.59 Å². The fourth-order valence-electron chi connectivity index (χ4n) is 1.52. The number of carbonyl (C=O) groups excluding carboxylic acids is 1.